The molecule has 1 aliphatic heterocycles. The van der Waals surface area contributed by atoms with Crippen LogP contribution >= 0.6 is 0 Å². The SMILES string of the molecule is COC(=O)c1ccc(N2CCNC[C@@H]2Cc2ccccc2)cc1. The molecule has 1 N–H and O–H groups in total. The zero-order chi connectivity index (χ0) is 16.1. The number of hydrogen-bond acceptors (Lipinski definition) is 4. The molecule has 1 atom stereocenters. The standard InChI is InChI=1S/C19H22N2O2/c1-23-19(22)16-7-9-17(10-8-16)21-12-11-20-14-18(21)13-15-5-3-2-4-6-15/h2-10,18,20H,11-14H2,1H3/t18-/m0/s1. The van der Waals surface area contributed by atoms with E-state index in [1.165, 1.54) is 12.7 Å². The van der Waals surface area contributed by atoms with Crippen molar-refractivity contribution in [1.29, 1.82) is 0 Å². The van der Waals surface area contributed by atoms with Gasteiger partial charge in [0, 0.05) is 31.4 Å². The van der Waals surface area contributed by atoms with E-state index in [-0.39, 0.29) is 5.97 Å². The van der Waals surface area contributed by atoms with Gasteiger partial charge in [0.25, 0.3) is 0 Å². The van der Waals surface area contributed by atoms with Crippen LogP contribution in [0.4, 0.5) is 5.69 Å². The fourth-order valence-corrected chi connectivity index (χ4v) is 3.08. The molecule has 0 saturated carbocycles. The minimum atomic E-state index is -0.294. The van der Waals surface area contributed by atoms with Crippen LogP contribution in [0, 0.1) is 0 Å². The summed E-state index contributed by atoms with van der Waals surface area (Å²) in [6.07, 6.45) is 1.01. The van der Waals surface area contributed by atoms with Gasteiger partial charge in [0.15, 0.2) is 0 Å². The molecule has 2 aromatic rings. The highest BCUT2D eigenvalue weighted by Crippen LogP contribution is 2.21. The van der Waals surface area contributed by atoms with Crippen molar-refractivity contribution in [1.82, 2.24) is 5.32 Å². The third-order valence-electron chi connectivity index (χ3n) is 4.28. The summed E-state index contributed by atoms with van der Waals surface area (Å²) < 4.78 is 4.76. The van der Waals surface area contributed by atoms with Crippen LogP contribution in [0.3, 0.4) is 0 Å². The molecule has 23 heavy (non-hydrogen) atoms. The molecule has 4 heteroatoms. The summed E-state index contributed by atoms with van der Waals surface area (Å²) in [5.74, 6) is -0.294. The quantitative estimate of drug-likeness (QED) is 0.881. The van der Waals surface area contributed by atoms with E-state index in [4.69, 9.17) is 4.74 Å². The third-order valence-corrected chi connectivity index (χ3v) is 4.28. The van der Waals surface area contributed by atoms with Crippen LogP contribution in [0.25, 0.3) is 0 Å². The molecule has 1 saturated heterocycles. The molecule has 0 amide bonds. The molecule has 3 rings (SSSR count). The van der Waals surface area contributed by atoms with Crippen LogP contribution in [0.2, 0.25) is 0 Å². The summed E-state index contributed by atoms with van der Waals surface area (Å²) in [7, 11) is 1.41. The fourth-order valence-electron chi connectivity index (χ4n) is 3.08. The molecule has 0 spiro atoms. The van der Waals surface area contributed by atoms with Crippen molar-refractivity contribution in [2.75, 3.05) is 31.6 Å². The second kappa shape index (κ2) is 7.29. The Labute approximate surface area is 137 Å². The fraction of sp³-hybridized carbons (Fsp3) is 0.316. The van der Waals surface area contributed by atoms with Crippen molar-refractivity contribution in [3.63, 3.8) is 0 Å². The number of carbonyl (C=O) groups is 1. The van der Waals surface area contributed by atoms with Crippen molar-refractivity contribution < 1.29 is 9.53 Å². The van der Waals surface area contributed by atoms with Gasteiger partial charge in [-0.15, -0.1) is 0 Å². The first-order chi connectivity index (χ1) is 11.3. The number of methoxy groups -OCH3 is 1. The Hall–Kier alpha value is -2.33. The van der Waals surface area contributed by atoms with E-state index in [0.717, 1.165) is 31.7 Å². The zero-order valence-corrected chi connectivity index (χ0v) is 13.4. The van der Waals surface area contributed by atoms with Crippen LogP contribution in [0.15, 0.2) is 54.6 Å². The molecule has 1 aliphatic rings. The van der Waals surface area contributed by atoms with Gasteiger partial charge >= 0.3 is 5.97 Å². The Morgan fingerprint density at radius 3 is 2.61 bits per heavy atom. The van der Waals surface area contributed by atoms with E-state index in [0.29, 0.717) is 11.6 Å². The van der Waals surface area contributed by atoms with E-state index in [1.54, 1.807) is 0 Å². The number of nitrogens with one attached hydrogen (secondary N) is 1. The molecule has 0 unspecified atom stereocenters. The normalized spacial score (nSPS) is 17.8. The number of carbonyl (C=O) groups excluding carboxylic acids is 1. The molecule has 1 heterocycles. The van der Waals surface area contributed by atoms with Crippen molar-refractivity contribution in [2.45, 2.75) is 12.5 Å². The third kappa shape index (κ3) is 3.71. The first kappa shape index (κ1) is 15.6. The van der Waals surface area contributed by atoms with Gasteiger partial charge in [-0.3, -0.25) is 0 Å². The number of rotatable bonds is 4. The van der Waals surface area contributed by atoms with Gasteiger partial charge in [-0.2, -0.15) is 0 Å². The molecule has 0 radical (unpaired) electrons. The summed E-state index contributed by atoms with van der Waals surface area (Å²) in [5, 5.41) is 3.48. The van der Waals surface area contributed by atoms with Crippen molar-refractivity contribution in [3.8, 4) is 0 Å². The monoisotopic (exact) mass is 310 g/mol. The Kier molecular flexibility index (Phi) is 4.93. The number of anilines is 1. The molecular weight excluding hydrogens is 288 g/mol. The smallest absolute Gasteiger partial charge is 0.337 e. The van der Waals surface area contributed by atoms with Gasteiger partial charge in [-0.1, -0.05) is 30.3 Å². The molecule has 1 fully saturated rings. The maximum absolute atomic E-state index is 11.6. The second-order valence-electron chi connectivity index (χ2n) is 5.78. The number of esters is 1. The largest absolute Gasteiger partial charge is 0.465 e. The Morgan fingerprint density at radius 1 is 1.17 bits per heavy atom. The van der Waals surface area contributed by atoms with Gasteiger partial charge in [-0.25, -0.2) is 4.79 Å². The Morgan fingerprint density at radius 2 is 1.91 bits per heavy atom. The lowest BCUT2D eigenvalue weighted by Crippen LogP contribution is -2.52. The van der Waals surface area contributed by atoms with Gasteiger partial charge in [0.05, 0.1) is 12.7 Å². The van der Waals surface area contributed by atoms with Crippen molar-refractivity contribution >= 4 is 11.7 Å². The summed E-state index contributed by atoms with van der Waals surface area (Å²) >= 11 is 0. The van der Waals surface area contributed by atoms with Crippen LogP contribution < -0.4 is 10.2 Å². The highest BCUT2D eigenvalue weighted by molar-refractivity contribution is 5.89. The summed E-state index contributed by atoms with van der Waals surface area (Å²) in [6.45, 7) is 2.91. The molecule has 0 bridgehead atoms. The summed E-state index contributed by atoms with van der Waals surface area (Å²) in [5.41, 5.74) is 3.09. The van der Waals surface area contributed by atoms with Crippen molar-refractivity contribution in [3.05, 3.63) is 65.7 Å². The maximum Gasteiger partial charge on any atom is 0.337 e. The summed E-state index contributed by atoms with van der Waals surface area (Å²) in [6, 6.07) is 18.7. The average Bonchev–Trinajstić information content (AvgIpc) is 2.62. The zero-order valence-electron chi connectivity index (χ0n) is 13.4. The maximum atomic E-state index is 11.6. The van der Waals surface area contributed by atoms with E-state index in [9.17, 15) is 4.79 Å². The lowest BCUT2D eigenvalue weighted by molar-refractivity contribution is 0.0601. The van der Waals surface area contributed by atoms with Crippen LogP contribution in [-0.4, -0.2) is 38.8 Å². The number of nitrogens with zero attached hydrogens (tertiary/aromatic N) is 1. The van der Waals surface area contributed by atoms with Gasteiger partial charge in [0.2, 0.25) is 0 Å². The first-order valence-electron chi connectivity index (χ1n) is 7.97. The van der Waals surface area contributed by atoms with Gasteiger partial charge in [-0.05, 0) is 36.2 Å². The Balaban J connectivity index is 1.77. The predicted molar refractivity (Wildman–Crippen MR) is 91.9 cm³/mol. The summed E-state index contributed by atoms with van der Waals surface area (Å²) in [4.78, 5) is 14.0. The highest BCUT2D eigenvalue weighted by atomic mass is 16.5. The number of ether oxygens (including phenoxy) is 1. The van der Waals surface area contributed by atoms with E-state index in [2.05, 4.69) is 34.5 Å². The lowest BCUT2D eigenvalue weighted by Gasteiger charge is -2.38. The van der Waals surface area contributed by atoms with Gasteiger partial charge in [0.1, 0.15) is 0 Å². The number of benzene rings is 2. The van der Waals surface area contributed by atoms with E-state index < -0.39 is 0 Å². The lowest BCUT2D eigenvalue weighted by atomic mass is 10.0. The molecule has 2 aromatic carbocycles. The first-order valence-corrected chi connectivity index (χ1v) is 7.97. The van der Waals surface area contributed by atoms with Gasteiger partial charge < -0.3 is 15.0 Å². The average molecular weight is 310 g/mol. The van der Waals surface area contributed by atoms with Crippen LogP contribution in [-0.2, 0) is 11.2 Å². The second-order valence-corrected chi connectivity index (χ2v) is 5.78. The topological polar surface area (TPSA) is 41.6 Å². The molecule has 0 aromatic heterocycles. The number of piperazine rings is 1. The molecular formula is C19H22N2O2. The van der Waals surface area contributed by atoms with E-state index in [1.807, 2.05) is 30.3 Å². The van der Waals surface area contributed by atoms with Crippen molar-refractivity contribution in [2.24, 2.45) is 0 Å². The Bertz CT molecular complexity index is 640. The van der Waals surface area contributed by atoms with E-state index >= 15 is 0 Å². The molecule has 4 nitrogen and oxygen atoms in total. The molecule has 0 aliphatic carbocycles. The minimum Gasteiger partial charge on any atom is -0.465 e. The number of hydrogen-bond donors (Lipinski definition) is 1. The van der Waals surface area contributed by atoms with Crippen LogP contribution in [0.1, 0.15) is 15.9 Å². The highest BCUT2D eigenvalue weighted by Gasteiger charge is 2.22. The van der Waals surface area contributed by atoms with Crippen LogP contribution in [0.5, 0.6) is 0 Å². The minimum absolute atomic E-state index is 0.294. The predicted octanol–water partition coefficient (Wildman–Crippen LogP) is 2.49. The molecule has 120 valence electrons.